The predicted molar refractivity (Wildman–Crippen MR) is 105 cm³/mol. The zero-order valence-corrected chi connectivity index (χ0v) is 17.9. The fourth-order valence-electron chi connectivity index (χ4n) is 3.73. The average Bonchev–Trinajstić information content (AvgIpc) is 2.73. The lowest BCUT2D eigenvalue weighted by Gasteiger charge is -2.37. The van der Waals surface area contributed by atoms with Crippen LogP contribution in [0.1, 0.15) is 31.2 Å². The second-order valence-electron chi connectivity index (χ2n) is 8.27. The number of alkyl halides is 6. The summed E-state index contributed by atoms with van der Waals surface area (Å²) in [6.45, 7) is -0.747. The van der Waals surface area contributed by atoms with Crippen molar-refractivity contribution in [1.82, 2.24) is 10.6 Å². The van der Waals surface area contributed by atoms with Crippen LogP contribution >= 0.6 is 0 Å². The van der Waals surface area contributed by atoms with Crippen LogP contribution in [-0.2, 0) is 25.2 Å². The SMILES string of the molecule is O=C(COc1ccc(C(F)(F)F)cc1)N[C@@H]1CC[C@@H](C(=O)NC2CC(COC(F)(F)F)C2)OC1. The Hall–Kier alpha value is -2.54. The van der Waals surface area contributed by atoms with Crippen LogP contribution in [0.4, 0.5) is 26.3 Å². The van der Waals surface area contributed by atoms with Crippen molar-refractivity contribution >= 4 is 11.8 Å². The Morgan fingerprint density at radius 1 is 0.971 bits per heavy atom. The largest absolute Gasteiger partial charge is 0.522 e. The Morgan fingerprint density at radius 3 is 2.21 bits per heavy atom. The molecule has 1 saturated carbocycles. The van der Waals surface area contributed by atoms with Crippen molar-refractivity contribution in [3.8, 4) is 5.75 Å². The standard InChI is InChI=1S/C21H24F6N2O5/c22-20(23,24)13-1-4-16(5-2-13)32-11-18(30)28-14-3-6-17(33-10-14)19(31)29-15-7-12(8-15)9-34-21(25,26)27/h1-2,4-5,12,14-15,17H,3,6-11H2,(H,28,30)(H,29,31)/t12?,14-,15?,17+/m1/s1. The quantitative estimate of drug-likeness (QED) is 0.538. The highest BCUT2D eigenvalue weighted by Gasteiger charge is 2.37. The molecule has 2 N–H and O–H groups in total. The molecule has 190 valence electrons. The molecule has 1 saturated heterocycles. The summed E-state index contributed by atoms with van der Waals surface area (Å²) < 4.78 is 88.2. The van der Waals surface area contributed by atoms with Crippen molar-refractivity contribution in [2.75, 3.05) is 19.8 Å². The molecule has 1 aliphatic heterocycles. The van der Waals surface area contributed by atoms with E-state index in [0.29, 0.717) is 25.7 Å². The third-order valence-corrected chi connectivity index (χ3v) is 5.55. The van der Waals surface area contributed by atoms with Crippen LogP contribution in [0.2, 0.25) is 0 Å². The molecular formula is C21H24F6N2O5. The van der Waals surface area contributed by atoms with Gasteiger partial charge in [0, 0.05) is 6.04 Å². The lowest BCUT2D eigenvalue weighted by Crippen LogP contribution is -2.52. The van der Waals surface area contributed by atoms with Gasteiger partial charge in [0.15, 0.2) is 6.61 Å². The second-order valence-corrected chi connectivity index (χ2v) is 8.27. The Kier molecular flexibility index (Phi) is 8.29. The van der Waals surface area contributed by atoms with Crippen molar-refractivity contribution in [2.24, 2.45) is 5.92 Å². The molecule has 2 amide bonds. The topological polar surface area (TPSA) is 85.9 Å². The Labute approximate surface area is 191 Å². The van der Waals surface area contributed by atoms with Crippen molar-refractivity contribution in [3.05, 3.63) is 29.8 Å². The molecule has 2 atom stereocenters. The van der Waals surface area contributed by atoms with Crippen LogP contribution in [0.15, 0.2) is 24.3 Å². The minimum Gasteiger partial charge on any atom is -0.484 e. The monoisotopic (exact) mass is 498 g/mol. The molecule has 0 bridgehead atoms. The van der Waals surface area contributed by atoms with E-state index in [-0.39, 0.29) is 36.3 Å². The molecule has 34 heavy (non-hydrogen) atoms. The van der Waals surface area contributed by atoms with Gasteiger partial charge in [0.2, 0.25) is 5.91 Å². The first-order valence-corrected chi connectivity index (χ1v) is 10.6. The van der Waals surface area contributed by atoms with E-state index in [1.807, 2.05) is 0 Å². The summed E-state index contributed by atoms with van der Waals surface area (Å²) >= 11 is 0. The van der Waals surface area contributed by atoms with Crippen molar-refractivity contribution < 1.29 is 50.1 Å². The number of rotatable bonds is 8. The lowest BCUT2D eigenvalue weighted by atomic mass is 9.80. The van der Waals surface area contributed by atoms with Gasteiger partial charge in [-0.15, -0.1) is 13.2 Å². The smallest absolute Gasteiger partial charge is 0.484 e. The molecule has 0 radical (unpaired) electrons. The third-order valence-electron chi connectivity index (χ3n) is 5.55. The third kappa shape index (κ3) is 8.05. The van der Waals surface area contributed by atoms with E-state index < -0.39 is 43.3 Å². The average molecular weight is 498 g/mol. The number of hydrogen-bond acceptors (Lipinski definition) is 5. The van der Waals surface area contributed by atoms with Gasteiger partial charge < -0.3 is 20.1 Å². The van der Waals surface area contributed by atoms with Crippen molar-refractivity contribution in [3.63, 3.8) is 0 Å². The first-order valence-electron chi connectivity index (χ1n) is 10.6. The molecule has 1 aromatic rings. The summed E-state index contributed by atoms with van der Waals surface area (Å²) in [4.78, 5) is 24.3. The number of ether oxygens (including phenoxy) is 3. The maximum atomic E-state index is 12.6. The summed E-state index contributed by atoms with van der Waals surface area (Å²) in [6, 6.07) is 3.37. The maximum Gasteiger partial charge on any atom is 0.522 e. The van der Waals surface area contributed by atoms with Gasteiger partial charge in [0.25, 0.3) is 5.91 Å². The molecule has 1 aliphatic carbocycles. The molecule has 3 rings (SSSR count). The second kappa shape index (κ2) is 10.8. The minimum atomic E-state index is -4.66. The van der Waals surface area contributed by atoms with Crippen LogP contribution in [0.3, 0.4) is 0 Å². The van der Waals surface area contributed by atoms with Gasteiger partial charge in [0.1, 0.15) is 11.9 Å². The van der Waals surface area contributed by atoms with Gasteiger partial charge in [-0.05, 0) is 55.9 Å². The van der Waals surface area contributed by atoms with Crippen molar-refractivity contribution in [1.29, 1.82) is 0 Å². The van der Waals surface area contributed by atoms with E-state index in [1.165, 1.54) is 0 Å². The van der Waals surface area contributed by atoms with Crippen LogP contribution in [0, 0.1) is 5.92 Å². The molecule has 0 aromatic heterocycles. The zero-order valence-electron chi connectivity index (χ0n) is 17.9. The zero-order chi connectivity index (χ0) is 24.9. The summed E-state index contributed by atoms with van der Waals surface area (Å²) in [7, 11) is 0. The van der Waals surface area contributed by atoms with Gasteiger partial charge in [0.05, 0.1) is 24.8 Å². The predicted octanol–water partition coefficient (Wildman–Crippen LogP) is 3.18. The summed E-state index contributed by atoms with van der Waals surface area (Å²) in [5, 5.41) is 5.41. The van der Waals surface area contributed by atoms with E-state index in [0.717, 1.165) is 24.3 Å². The summed E-state index contributed by atoms with van der Waals surface area (Å²) in [5.41, 5.74) is -0.824. The van der Waals surface area contributed by atoms with E-state index in [2.05, 4.69) is 15.4 Å². The number of carbonyl (C=O) groups excluding carboxylic acids is 2. The van der Waals surface area contributed by atoms with E-state index >= 15 is 0 Å². The van der Waals surface area contributed by atoms with Gasteiger partial charge in [-0.1, -0.05) is 0 Å². The Morgan fingerprint density at radius 2 is 1.65 bits per heavy atom. The van der Waals surface area contributed by atoms with Gasteiger partial charge in [-0.25, -0.2) is 0 Å². The molecule has 1 aromatic carbocycles. The number of hydrogen-bond donors (Lipinski definition) is 2. The van der Waals surface area contributed by atoms with E-state index in [9.17, 15) is 35.9 Å². The Bertz CT molecular complexity index is 832. The van der Waals surface area contributed by atoms with Crippen LogP contribution in [-0.4, -0.2) is 56.2 Å². The molecule has 0 spiro atoms. The van der Waals surface area contributed by atoms with Gasteiger partial charge in [-0.2, -0.15) is 13.2 Å². The molecule has 13 heteroatoms. The maximum absolute atomic E-state index is 12.6. The summed E-state index contributed by atoms with van der Waals surface area (Å²) in [6.07, 6.45) is -8.26. The number of halogens is 6. The minimum absolute atomic E-state index is 0.0802. The highest BCUT2D eigenvalue weighted by Crippen LogP contribution is 2.31. The molecule has 7 nitrogen and oxygen atoms in total. The number of benzene rings is 1. The number of amides is 2. The normalized spacial score (nSPS) is 25.2. The fraction of sp³-hybridized carbons (Fsp3) is 0.619. The number of nitrogens with one attached hydrogen (secondary N) is 2. The highest BCUT2D eigenvalue weighted by molar-refractivity contribution is 5.81. The fourth-order valence-corrected chi connectivity index (χ4v) is 3.73. The van der Waals surface area contributed by atoms with Crippen LogP contribution in [0.25, 0.3) is 0 Å². The molecular weight excluding hydrogens is 474 g/mol. The Balaban J connectivity index is 1.30. The van der Waals surface area contributed by atoms with E-state index in [4.69, 9.17) is 9.47 Å². The molecule has 1 heterocycles. The van der Waals surface area contributed by atoms with Gasteiger partial charge in [-0.3, -0.25) is 14.3 Å². The number of carbonyl (C=O) groups is 2. The highest BCUT2D eigenvalue weighted by atomic mass is 19.4. The first-order chi connectivity index (χ1) is 15.9. The van der Waals surface area contributed by atoms with E-state index in [1.54, 1.807) is 0 Å². The lowest BCUT2D eigenvalue weighted by molar-refractivity contribution is -0.330. The molecule has 2 fully saturated rings. The van der Waals surface area contributed by atoms with Crippen molar-refractivity contribution in [2.45, 2.75) is 56.4 Å². The first kappa shape index (κ1) is 26.1. The van der Waals surface area contributed by atoms with Crippen LogP contribution in [0.5, 0.6) is 5.75 Å². The van der Waals surface area contributed by atoms with Crippen LogP contribution < -0.4 is 15.4 Å². The summed E-state index contributed by atoms with van der Waals surface area (Å²) in [5.74, 6) is -0.986. The van der Waals surface area contributed by atoms with Gasteiger partial charge >= 0.3 is 12.5 Å². The molecule has 0 unspecified atom stereocenters. The molecule has 2 aliphatic rings.